The molecular weight excluding hydrogens is 304 g/mol. The normalized spacial score (nSPS) is 26.3. The van der Waals surface area contributed by atoms with Gasteiger partial charge in [0.15, 0.2) is 0 Å². The average Bonchev–Trinajstić information content (AvgIpc) is 2.75. The summed E-state index contributed by atoms with van der Waals surface area (Å²) >= 11 is 1.42. The van der Waals surface area contributed by atoms with Crippen molar-refractivity contribution in [1.82, 2.24) is 10.3 Å². The molecular formula is C15H22N2O4S. The van der Waals surface area contributed by atoms with Gasteiger partial charge in [0.05, 0.1) is 11.1 Å². The first-order chi connectivity index (χ1) is 10.2. The molecule has 1 aromatic rings. The monoisotopic (exact) mass is 326 g/mol. The molecule has 2 atom stereocenters. The van der Waals surface area contributed by atoms with Gasteiger partial charge in [-0.3, -0.25) is 4.79 Å². The maximum Gasteiger partial charge on any atom is 0.330 e. The molecule has 1 aliphatic rings. The average molecular weight is 326 g/mol. The van der Waals surface area contributed by atoms with Crippen molar-refractivity contribution in [3.05, 3.63) is 15.6 Å². The van der Waals surface area contributed by atoms with Crippen LogP contribution in [0.5, 0.6) is 0 Å². The van der Waals surface area contributed by atoms with E-state index in [-0.39, 0.29) is 12.5 Å². The van der Waals surface area contributed by atoms with Gasteiger partial charge in [-0.25, -0.2) is 9.78 Å². The van der Waals surface area contributed by atoms with Crippen LogP contribution in [-0.2, 0) is 9.53 Å². The molecule has 1 saturated carbocycles. The molecule has 122 valence electrons. The van der Waals surface area contributed by atoms with Crippen molar-refractivity contribution in [2.75, 3.05) is 6.61 Å². The number of carboxylic acids is 1. The first kappa shape index (κ1) is 16.9. The largest absolute Gasteiger partial charge is 0.479 e. The van der Waals surface area contributed by atoms with Crippen molar-refractivity contribution < 1.29 is 19.4 Å². The van der Waals surface area contributed by atoms with E-state index >= 15 is 0 Å². The summed E-state index contributed by atoms with van der Waals surface area (Å²) < 4.78 is 5.59. The number of carboxylic acid groups (broad SMARTS) is 1. The molecule has 1 amide bonds. The van der Waals surface area contributed by atoms with Crippen LogP contribution in [-0.4, -0.2) is 40.2 Å². The van der Waals surface area contributed by atoms with Crippen LogP contribution < -0.4 is 5.32 Å². The predicted octanol–water partition coefficient (Wildman–Crippen LogP) is 2.15. The van der Waals surface area contributed by atoms with Crippen LogP contribution in [0.2, 0.25) is 0 Å². The van der Waals surface area contributed by atoms with Crippen LogP contribution in [0.25, 0.3) is 0 Å². The maximum absolute atomic E-state index is 12.5. The standard InChI is InChI=1S/C15H22N2O4S/c1-6-21-10-7-15(13(19)20,14(10,4)5)17-12(18)11-8(2)22-9(3)16-11/h10H,6-7H2,1-5H3,(H,17,18)(H,19,20). The van der Waals surface area contributed by atoms with Crippen LogP contribution in [0, 0.1) is 19.3 Å². The van der Waals surface area contributed by atoms with Gasteiger partial charge in [0.1, 0.15) is 11.2 Å². The highest BCUT2D eigenvalue weighted by Crippen LogP contribution is 2.51. The minimum absolute atomic E-state index is 0.188. The molecule has 0 aliphatic heterocycles. The molecule has 1 aromatic heterocycles. The molecule has 0 aromatic carbocycles. The van der Waals surface area contributed by atoms with Gasteiger partial charge in [-0.05, 0) is 20.8 Å². The number of amides is 1. The van der Waals surface area contributed by atoms with Gasteiger partial charge >= 0.3 is 5.97 Å². The Hall–Kier alpha value is -1.47. The number of aromatic nitrogens is 1. The van der Waals surface area contributed by atoms with E-state index in [4.69, 9.17) is 4.74 Å². The molecule has 6 nitrogen and oxygen atoms in total. The van der Waals surface area contributed by atoms with Crippen LogP contribution >= 0.6 is 11.3 Å². The summed E-state index contributed by atoms with van der Waals surface area (Å²) in [5, 5.41) is 13.2. The summed E-state index contributed by atoms with van der Waals surface area (Å²) in [6, 6.07) is 0. The molecule has 22 heavy (non-hydrogen) atoms. The third-order valence-electron chi connectivity index (χ3n) is 4.57. The van der Waals surface area contributed by atoms with Gasteiger partial charge in [0.25, 0.3) is 5.91 Å². The van der Waals surface area contributed by atoms with Crippen molar-refractivity contribution in [2.45, 2.75) is 52.7 Å². The van der Waals surface area contributed by atoms with Gasteiger partial charge < -0.3 is 15.2 Å². The first-order valence-corrected chi connectivity index (χ1v) is 8.09. The third-order valence-corrected chi connectivity index (χ3v) is 5.46. The second-order valence-corrected chi connectivity index (χ2v) is 7.58. The van der Waals surface area contributed by atoms with E-state index in [0.717, 1.165) is 9.88 Å². The number of aryl methyl sites for hydroxylation is 2. The van der Waals surface area contributed by atoms with E-state index < -0.39 is 22.8 Å². The van der Waals surface area contributed by atoms with Crippen molar-refractivity contribution in [3.63, 3.8) is 0 Å². The van der Waals surface area contributed by atoms with E-state index in [1.54, 1.807) is 0 Å². The lowest BCUT2D eigenvalue weighted by Crippen LogP contribution is -2.76. The zero-order valence-corrected chi connectivity index (χ0v) is 14.3. The van der Waals surface area contributed by atoms with Gasteiger partial charge in [0.2, 0.25) is 0 Å². The highest BCUT2D eigenvalue weighted by atomic mass is 32.1. The van der Waals surface area contributed by atoms with Gasteiger partial charge in [-0.15, -0.1) is 11.3 Å². The Balaban J connectivity index is 2.26. The highest BCUT2D eigenvalue weighted by molar-refractivity contribution is 7.11. The number of ether oxygens (including phenoxy) is 1. The van der Waals surface area contributed by atoms with Crippen LogP contribution in [0.4, 0.5) is 0 Å². The molecule has 0 spiro atoms. The number of hydrogen-bond acceptors (Lipinski definition) is 5. The molecule has 1 fully saturated rings. The number of hydrogen-bond donors (Lipinski definition) is 2. The van der Waals surface area contributed by atoms with Gasteiger partial charge in [-0.1, -0.05) is 13.8 Å². The second-order valence-electron chi connectivity index (χ2n) is 6.17. The topological polar surface area (TPSA) is 88.5 Å². The second kappa shape index (κ2) is 5.62. The summed E-state index contributed by atoms with van der Waals surface area (Å²) in [4.78, 5) is 29.3. The van der Waals surface area contributed by atoms with E-state index in [9.17, 15) is 14.7 Å². The summed E-state index contributed by atoms with van der Waals surface area (Å²) in [6.07, 6.45) is 0.0732. The Labute approximate surface area is 133 Å². The minimum Gasteiger partial charge on any atom is -0.479 e. The molecule has 0 bridgehead atoms. The molecule has 0 saturated heterocycles. The number of aliphatic carboxylic acids is 1. The van der Waals surface area contributed by atoms with Crippen LogP contribution in [0.1, 0.15) is 47.6 Å². The molecule has 7 heteroatoms. The highest BCUT2D eigenvalue weighted by Gasteiger charge is 2.66. The zero-order valence-electron chi connectivity index (χ0n) is 13.5. The Bertz CT molecular complexity index is 611. The summed E-state index contributed by atoms with van der Waals surface area (Å²) in [5.41, 5.74) is -1.71. The van der Waals surface area contributed by atoms with E-state index in [1.807, 2.05) is 34.6 Å². The van der Waals surface area contributed by atoms with E-state index in [1.165, 1.54) is 11.3 Å². The first-order valence-electron chi connectivity index (χ1n) is 7.27. The summed E-state index contributed by atoms with van der Waals surface area (Å²) in [6.45, 7) is 9.63. The molecule has 1 heterocycles. The number of carbonyl (C=O) groups excluding carboxylic acids is 1. The lowest BCUT2D eigenvalue weighted by Gasteiger charge is -2.58. The van der Waals surface area contributed by atoms with Crippen molar-refractivity contribution in [2.24, 2.45) is 5.41 Å². The minimum atomic E-state index is -1.33. The molecule has 0 radical (unpaired) electrons. The predicted molar refractivity (Wildman–Crippen MR) is 83.2 cm³/mol. The maximum atomic E-state index is 12.5. The number of nitrogens with one attached hydrogen (secondary N) is 1. The number of thiazole rings is 1. The molecule has 2 rings (SSSR count). The fourth-order valence-corrected chi connectivity index (χ4v) is 3.84. The van der Waals surface area contributed by atoms with Gasteiger partial charge in [0, 0.05) is 23.3 Å². The Morgan fingerprint density at radius 2 is 2.09 bits per heavy atom. The molecule has 2 unspecified atom stereocenters. The van der Waals surface area contributed by atoms with Crippen LogP contribution in [0.15, 0.2) is 0 Å². The van der Waals surface area contributed by atoms with Crippen molar-refractivity contribution >= 4 is 23.2 Å². The van der Waals surface area contributed by atoms with Crippen molar-refractivity contribution in [1.29, 1.82) is 0 Å². The molecule has 1 aliphatic carbocycles. The Morgan fingerprint density at radius 1 is 1.45 bits per heavy atom. The van der Waals surface area contributed by atoms with Crippen molar-refractivity contribution in [3.8, 4) is 0 Å². The Morgan fingerprint density at radius 3 is 2.50 bits per heavy atom. The number of nitrogens with zero attached hydrogens (tertiary/aromatic N) is 1. The zero-order chi connectivity index (χ0) is 16.7. The SMILES string of the molecule is CCOC1CC(NC(=O)c2nc(C)sc2C)(C(=O)O)C1(C)C. The number of carbonyl (C=O) groups is 2. The summed E-state index contributed by atoms with van der Waals surface area (Å²) in [5.74, 6) is -1.47. The smallest absolute Gasteiger partial charge is 0.330 e. The lowest BCUT2D eigenvalue weighted by atomic mass is 9.54. The fraction of sp³-hybridized carbons (Fsp3) is 0.667. The van der Waals surface area contributed by atoms with Gasteiger partial charge in [-0.2, -0.15) is 0 Å². The van der Waals surface area contributed by atoms with E-state index in [2.05, 4.69) is 10.3 Å². The fourth-order valence-electron chi connectivity index (χ4n) is 3.03. The lowest BCUT2D eigenvalue weighted by molar-refractivity contribution is -0.190. The quantitative estimate of drug-likeness (QED) is 0.865. The molecule has 2 N–H and O–H groups in total. The Kier molecular flexibility index (Phi) is 4.32. The summed E-state index contributed by atoms with van der Waals surface area (Å²) in [7, 11) is 0. The number of rotatable bonds is 5. The van der Waals surface area contributed by atoms with E-state index in [0.29, 0.717) is 12.3 Å². The van der Waals surface area contributed by atoms with Crippen LogP contribution in [0.3, 0.4) is 0 Å². The third kappa shape index (κ3) is 2.42.